The molecule has 2 aromatic rings. The monoisotopic (exact) mass is 310 g/mol. The number of Topliss-reactive ketones (excluding diaryl/α,β-unsaturated/α-hetero) is 1. The second kappa shape index (κ2) is 5.19. The summed E-state index contributed by atoms with van der Waals surface area (Å²) in [6.45, 7) is 1.98. The van der Waals surface area contributed by atoms with E-state index < -0.39 is 0 Å². The molecule has 0 saturated carbocycles. The number of ketones is 1. The van der Waals surface area contributed by atoms with Crippen molar-refractivity contribution in [1.82, 2.24) is 0 Å². The second-order valence-electron chi connectivity index (χ2n) is 3.88. The van der Waals surface area contributed by atoms with Crippen molar-refractivity contribution in [2.75, 3.05) is 0 Å². The molecule has 0 aliphatic rings. The van der Waals surface area contributed by atoms with E-state index in [0.717, 1.165) is 22.8 Å². The Hall–Kier alpha value is -0.860. The van der Waals surface area contributed by atoms with Gasteiger partial charge in [-0.1, -0.05) is 64.8 Å². The Kier molecular flexibility index (Phi) is 3.85. The molecule has 0 aliphatic heterocycles. The van der Waals surface area contributed by atoms with Crippen molar-refractivity contribution < 1.29 is 4.79 Å². The zero-order valence-corrected chi connectivity index (χ0v) is 11.8. The van der Waals surface area contributed by atoms with E-state index in [4.69, 9.17) is 11.6 Å². The number of alkyl halides is 1. The number of fused-ring (bicyclic) bond motifs is 1. The van der Waals surface area contributed by atoms with Gasteiger partial charge < -0.3 is 0 Å². The first-order valence-electron chi connectivity index (χ1n) is 5.50. The lowest BCUT2D eigenvalue weighted by Crippen LogP contribution is -2.13. The minimum absolute atomic E-state index is 0.111. The van der Waals surface area contributed by atoms with Gasteiger partial charge >= 0.3 is 0 Å². The van der Waals surface area contributed by atoms with Crippen LogP contribution in [0.15, 0.2) is 36.4 Å². The highest BCUT2D eigenvalue weighted by molar-refractivity contribution is 9.10. The lowest BCUT2D eigenvalue weighted by atomic mass is 9.99. The molecule has 17 heavy (non-hydrogen) atoms. The Morgan fingerprint density at radius 2 is 1.88 bits per heavy atom. The first-order valence-corrected chi connectivity index (χ1v) is 6.80. The van der Waals surface area contributed by atoms with Crippen LogP contribution < -0.4 is 0 Å². The summed E-state index contributed by atoms with van der Waals surface area (Å²) < 4.78 is 0. The van der Waals surface area contributed by atoms with E-state index >= 15 is 0 Å². The van der Waals surface area contributed by atoms with E-state index in [-0.39, 0.29) is 10.6 Å². The Morgan fingerprint density at radius 1 is 1.24 bits per heavy atom. The molecule has 88 valence electrons. The van der Waals surface area contributed by atoms with Crippen molar-refractivity contribution >= 4 is 44.1 Å². The largest absolute Gasteiger partial charge is 0.293 e. The normalized spacial score (nSPS) is 12.6. The van der Waals surface area contributed by atoms with Crippen molar-refractivity contribution in [1.29, 1.82) is 0 Å². The van der Waals surface area contributed by atoms with Crippen LogP contribution in [0.5, 0.6) is 0 Å². The minimum Gasteiger partial charge on any atom is -0.293 e. The Bertz CT molecular complexity index is 565. The fraction of sp³-hybridized carbons (Fsp3) is 0.214. The number of hydrogen-bond acceptors (Lipinski definition) is 1. The van der Waals surface area contributed by atoms with Crippen LogP contribution in [0.4, 0.5) is 0 Å². The highest BCUT2D eigenvalue weighted by atomic mass is 79.9. The Balaban J connectivity index is 2.63. The van der Waals surface area contributed by atoms with Crippen LogP contribution in [0.1, 0.15) is 23.7 Å². The summed E-state index contributed by atoms with van der Waals surface area (Å²) in [5.74, 6) is 0.111. The van der Waals surface area contributed by atoms with E-state index in [1.54, 1.807) is 0 Å². The molecular weight excluding hydrogens is 300 g/mol. The standard InChI is InChI=1S/C14H12BrClO/c1-2-12(15)14(17)11-7-3-6-10-9(11)5-4-8-13(10)16/h3-8,12H,2H2,1H3. The lowest BCUT2D eigenvalue weighted by Gasteiger charge is -2.09. The first kappa shape index (κ1) is 12.6. The molecule has 0 radical (unpaired) electrons. The average molecular weight is 312 g/mol. The van der Waals surface area contributed by atoms with E-state index in [0.29, 0.717) is 5.02 Å². The summed E-state index contributed by atoms with van der Waals surface area (Å²) >= 11 is 9.52. The molecule has 3 heteroatoms. The van der Waals surface area contributed by atoms with Crippen LogP contribution in [-0.2, 0) is 0 Å². The molecule has 0 bridgehead atoms. The quantitative estimate of drug-likeness (QED) is 0.585. The molecule has 0 spiro atoms. The molecular formula is C14H12BrClO. The van der Waals surface area contributed by atoms with Gasteiger partial charge in [-0.3, -0.25) is 4.79 Å². The topological polar surface area (TPSA) is 17.1 Å². The van der Waals surface area contributed by atoms with Crippen molar-refractivity contribution in [2.24, 2.45) is 0 Å². The van der Waals surface area contributed by atoms with Crippen LogP contribution in [0.25, 0.3) is 10.8 Å². The average Bonchev–Trinajstić information content (AvgIpc) is 2.37. The molecule has 2 aromatic carbocycles. The summed E-state index contributed by atoms with van der Waals surface area (Å²) in [5, 5.41) is 2.53. The van der Waals surface area contributed by atoms with Crippen molar-refractivity contribution in [3.8, 4) is 0 Å². The van der Waals surface area contributed by atoms with Gasteiger partial charge in [0.2, 0.25) is 0 Å². The molecule has 0 heterocycles. The van der Waals surface area contributed by atoms with Gasteiger partial charge in [-0.15, -0.1) is 0 Å². The molecule has 1 nitrogen and oxygen atoms in total. The highest BCUT2D eigenvalue weighted by Crippen LogP contribution is 2.27. The maximum Gasteiger partial charge on any atom is 0.177 e. The number of hydrogen-bond donors (Lipinski definition) is 0. The molecule has 0 fully saturated rings. The number of benzene rings is 2. The number of carbonyl (C=O) groups is 1. The molecule has 0 aromatic heterocycles. The molecule has 2 rings (SSSR count). The third-order valence-electron chi connectivity index (χ3n) is 2.78. The van der Waals surface area contributed by atoms with Crippen LogP contribution in [0.3, 0.4) is 0 Å². The van der Waals surface area contributed by atoms with Gasteiger partial charge in [0.15, 0.2) is 5.78 Å². The van der Waals surface area contributed by atoms with Crippen molar-refractivity contribution in [2.45, 2.75) is 18.2 Å². The maximum absolute atomic E-state index is 12.2. The van der Waals surface area contributed by atoms with Crippen LogP contribution >= 0.6 is 27.5 Å². The Morgan fingerprint density at radius 3 is 2.59 bits per heavy atom. The maximum atomic E-state index is 12.2. The van der Waals surface area contributed by atoms with Gasteiger partial charge in [0, 0.05) is 16.0 Å². The SMILES string of the molecule is CCC(Br)C(=O)c1cccc2c(Cl)cccc12. The van der Waals surface area contributed by atoms with Gasteiger partial charge in [-0.05, 0) is 17.9 Å². The highest BCUT2D eigenvalue weighted by Gasteiger charge is 2.17. The smallest absolute Gasteiger partial charge is 0.177 e. The van der Waals surface area contributed by atoms with E-state index in [9.17, 15) is 4.79 Å². The number of carbonyl (C=O) groups excluding carboxylic acids is 1. The van der Waals surface area contributed by atoms with Crippen molar-refractivity contribution in [3.05, 3.63) is 47.0 Å². The van der Waals surface area contributed by atoms with Crippen molar-refractivity contribution in [3.63, 3.8) is 0 Å². The van der Waals surface area contributed by atoms with Crippen LogP contribution in [0.2, 0.25) is 5.02 Å². The van der Waals surface area contributed by atoms with E-state index in [1.807, 2.05) is 43.3 Å². The molecule has 0 amide bonds. The summed E-state index contributed by atoms with van der Waals surface area (Å²) in [7, 11) is 0. The van der Waals surface area contributed by atoms with Gasteiger partial charge in [-0.25, -0.2) is 0 Å². The molecule has 1 unspecified atom stereocenters. The van der Waals surface area contributed by atoms with Gasteiger partial charge in [0.1, 0.15) is 0 Å². The van der Waals surface area contributed by atoms with Crippen LogP contribution in [-0.4, -0.2) is 10.6 Å². The van der Waals surface area contributed by atoms with E-state index in [1.165, 1.54) is 0 Å². The third-order valence-corrected chi connectivity index (χ3v) is 4.17. The minimum atomic E-state index is -0.132. The number of rotatable bonds is 3. The molecule has 0 saturated heterocycles. The Labute approximate surface area is 114 Å². The zero-order chi connectivity index (χ0) is 12.4. The van der Waals surface area contributed by atoms with Gasteiger partial charge in [-0.2, -0.15) is 0 Å². The predicted octanol–water partition coefficient (Wildman–Crippen LogP) is 4.85. The first-order chi connectivity index (χ1) is 8.15. The molecule has 1 atom stereocenters. The molecule has 0 aliphatic carbocycles. The van der Waals surface area contributed by atoms with E-state index in [2.05, 4.69) is 15.9 Å². The van der Waals surface area contributed by atoms with Gasteiger partial charge in [0.05, 0.1) is 4.83 Å². The summed E-state index contributed by atoms with van der Waals surface area (Å²) in [6, 6.07) is 11.3. The summed E-state index contributed by atoms with van der Waals surface area (Å²) in [4.78, 5) is 12.1. The molecule has 0 N–H and O–H groups in total. The summed E-state index contributed by atoms with van der Waals surface area (Å²) in [6.07, 6.45) is 0.774. The summed E-state index contributed by atoms with van der Waals surface area (Å²) in [5.41, 5.74) is 0.730. The lowest BCUT2D eigenvalue weighted by molar-refractivity contribution is 0.0992. The predicted molar refractivity (Wildman–Crippen MR) is 76.3 cm³/mol. The third kappa shape index (κ3) is 2.38. The second-order valence-corrected chi connectivity index (χ2v) is 5.39. The van der Waals surface area contributed by atoms with Crippen LogP contribution in [0, 0.1) is 0 Å². The fourth-order valence-electron chi connectivity index (χ4n) is 1.84. The van der Waals surface area contributed by atoms with Gasteiger partial charge in [0.25, 0.3) is 0 Å². The number of halogens is 2. The fourth-order valence-corrected chi connectivity index (χ4v) is 2.32. The zero-order valence-electron chi connectivity index (χ0n) is 9.41.